The molecule has 1 aliphatic heterocycles. The first-order chi connectivity index (χ1) is 10.6. The van der Waals surface area contributed by atoms with Crippen LogP contribution in [0.15, 0.2) is 11.6 Å². The van der Waals surface area contributed by atoms with E-state index in [4.69, 9.17) is 0 Å². The third-order valence-electron chi connectivity index (χ3n) is 5.37. The zero-order chi connectivity index (χ0) is 17.4. The van der Waals surface area contributed by atoms with Crippen LogP contribution in [0, 0.1) is 17.3 Å². The standard InChI is InChI=1S/C18H31NO3S/c1-6-7-9-19(14-8-10-23(21,22)12-14)17(20)16-15(11-13(2)3)18(16,4)5/h11,14-16H,6-10,12H2,1-5H3. The number of sulfone groups is 1. The molecule has 1 saturated carbocycles. The van der Waals surface area contributed by atoms with Crippen LogP contribution in [0.1, 0.15) is 53.9 Å². The van der Waals surface area contributed by atoms with E-state index >= 15 is 0 Å². The number of amides is 1. The smallest absolute Gasteiger partial charge is 0.227 e. The van der Waals surface area contributed by atoms with Crippen LogP contribution in [0.3, 0.4) is 0 Å². The summed E-state index contributed by atoms with van der Waals surface area (Å²) in [5, 5.41) is 0. The van der Waals surface area contributed by atoms with E-state index in [1.165, 1.54) is 5.57 Å². The molecule has 2 fully saturated rings. The number of unbranched alkanes of at least 4 members (excludes halogenated alkanes) is 1. The minimum absolute atomic E-state index is 0.00226. The van der Waals surface area contributed by atoms with Gasteiger partial charge in [-0.1, -0.05) is 38.8 Å². The fourth-order valence-electron chi connectivity index (χ4n) is 3.82. The van der Waals surface area contributed by atoms with Gasteiger partial charge < -0.3 is 4.90 Å². The minimum atomic E-state index is -2.97. The lowest BCUT2D eigenvalue weighted by Gasteiger charge is -2.29. The minimum Gasteiger partial charge on any atom is -0.338 e. The Balaban J connectivity index is 2.16. The first-order valence-corrected chi connectivity index (χ1v) is 10.6. The molecule has 1 amide bonds. The molecular weight excluding hydrogens is 310 g/mol. The molecule has 0 aromatic heterocycles. The van der Waals surface area contributed by atoms with Gasteiger partial charge in [0.25, 0.3) is 0 Å². The van der Waals surface area contributed by atoms with Gasteiger partial charge in [-0.25, -0.2) is 8.42 Å². The molecular formula is C18H31NO3S. The van der Waals surface area contributed by atoms with Gasteiger partial charge in [0, 0.05) is 12.6 Å². The molecule has 0 bridgehead atoms. The predicted molar refractivity (Wildman–Crippen MR) is 93.9 cm³/mol. The van der Waals surface area contributed by atoms with E-state index in [0.29, 0.717) is 13.0 Å². The van der Waals surface area contributed by atoms with Crippen molar-refractivity contribution < 1.29 is 13.2 Å². The van der Waals surface area contributed by atoms with Gasteiger partial charge >= 0.3 is 0 Å². The fraction of sp³-hybridized carbons (Fsp3) is 0.833. The van der Waals surface area contributed by atoms with Crippen LogP contribution in [0.4, 0.5) is 0 Å². The van der Waals surface area contributed by atoms with Crippen molar-refractivity contribution in [1.82, 2.24) is 4.90 Å². The number of hydrogen-bond acceptors (Lipinski definition) is 3. The number of hydrogen-bond donors (Lipinski definition) is 0. The van der Waals surface area contributed by atoms with Gasteiger partial charge in [0.1, 0.15) is 0 Å². The molecule has 0 aromatic carbocycles. The third-order valence-corrected chi connectivity index (χ3v) is 7.12. The molecule has 3 atom stereocenters. The van der Waals surface area contributed by atoms with E-state index in [2.05, 4.69) is 40.7 Å². The maximum absolute atomic E-state index is 13.1. The van der Waals surface area contributed by atoms with E-state index in [0.717, 1.165) is 12.8 Å². The van der Waals surface area contributed by atoms with Gasteiger partial charge in [-0.2, -0.15) is 0 Å². The van der Waals surface area contributed by atoms with Crippen LogP contribution >= 0.6 is 0 Å². The molecule has 3 unspecified atom stereocenters. The molecule has 2 rings (SSSR count). The Morgan fingerprint density at radius 1 is 1.30 bits per heavy atom. The van der Waals surface area contributed by atoms with Gasteiger partial charge in [0.15, 0.2) is 9.84 Å². The van der Waals surface area contributed by atoms with Gasteiger partial charge in [0.05, 0.1) is 17.4 Å². The van der Waals surface area contributed by atoms with Crippen LogP contribution in [-0.4, -0.2) is 43.3 Å². The highest BCUT2D eigenvalue weighted by atomic mass is 32.2. The number of carbonyl (C=O) groups excluding carboxylic acids is 1. The number of allylic oxidation sites excluding steroid dienone is 2. The Morgan fingerprint density at radius 2 is 1.96 bits per heavy atom. The van der Waals surface area contributed by atoms with Crippen LogP contribution in [-0.2, 0) is 14.6 Å². The monoisotopic (exact) mass is 341 g/mol. The van der Waals surface area contributed by atoms with E-state index in [-0.39, 0.29) is 40.7 Å². The van der Waals surface area contributed by atoms with E-state index in [1.54, 1.807) is 0 Å². The summed E-state index contributed by atoms with van der Waals surface area (Å²) in [4.78, 5) is 15.0. The van der Waals surface area contributed by atoms with Crippen molar-refractivity contribution in [3.05, 3.63) is 11.6 Å². The van der Waals surface area contributed by atoms with Crippen molar-refractivity contribution >= 4 is 15.7 Å². The first kappa shape index (κ1) is 18.5. The SMILES string of the molecule is CCCCN(C(=O)C1C(C=C(C)C)C1(C)C)C1CCS(=O)(=O)C1. The van der Waals surface area contributed by atoms with Crippen molar-refractivity contribution in [3.63, 3.8) is 0 Å². The molecule has 1 saturated heterocycles. The topological polar surface area (TPSA) is 54.5 Å². The largest absolute Gasteiger partial charge is 0.338 e. The van der Waals surface area contributed by atoms with Crippen LogP contribution in [0.2, 0.25) is 0 Å². The summed E-state index contributed by atoms with van der Waals surface area (Å²) in [6.45, 7) is 11.2. The van der Waals surface area contributed by atoms with Crippen molar-refractivity contribution in [1.29, 1.82) is 0 Å². The Hall–Kier alpha value is -0.840. The summed E-state index contributed by atoms with van der Waals surface area (Å²) >= 11 is 0. The molecule has 0 spiro atoms. The molecule has 1 aliphatic carbocycles. The summed E-state index contributed by atoms with van der Waals surface area (Å²) in [5.74, 6) is 0.801. The van der Waals surface area contributed by atoms with Crippen LogP contribution < -0.4 is 0 Å². The summed E-state index contributed by atoms with van der Waals surface area (Å²) in [5.41, 5.74) is 1.22. The molecule has 4 nitrogen and oxygen atoms in total. The Kier molecular flexibility index (Phi) is 5.29. The summed E-state index contributed by atoms with van der Waals surface area (Å²) in [6.07, 6.45) is 4.74. The highest BCUT2D eigenvalue weighted by Gasteiger charge is 2.61. The van der Waals surface area contributed by atoms with E-state index in [9.17, 15) is 13.2 Å². The highest BCUT2D eigenvalue weighted by Crippen LogP contribution is 2.60. The van der Waals surface area contributed by atoms with E-state index in [1.807, 2.05) is 4.90 Å². The third kappa shape index (κ3) is 3.98. The van der Waals surface area contributed by atoms with Gasteiger partial charge in [-0.05, 0) is 38.0 Å². The average Bonchev–Trinajstić information content (AvgIpc) is 2.75. The van der Waals surface area contributed by atoms with Crippen LogP contribution in [0.25, 0.3) is 0 Å². The second kappa shape index (κ2) is 6.58. The molecule has 23 heavy (non-hydrogen) atoms. The van der Waals surface area contributed by atoms with Crippen LogP contribution in [0.5, 0.6) is 0 Å². The molecule has 132 valence electrons. The predicted octanol–water partition coefficient (Wildman–Crippen LogP) is 3.04. The fourth-order valence-corrected chi connectivity index (χ4v) is 5.55. The summed E-state index contributed by atoms with van der Waals surface area (Å²) < 4.78 is 23.6. The van der Waals surface area contributed by atoms with Crippen molar-refractivity contribution in [2.24, 2.45) is 17.3 Å². The zero-order valence-electron chi connectivity index (χ0n) is 15.1. The molecule has 5 heteroatoms. The van der Waals surface area contributed by atoms with Crippen molar-refractivity contribution in [2.75, 3.05) is 18.1 Å². The highest BCUT2D eigenvalue weighted by molar-refractivity contribution is 7.91. The Morgan fingerprint density at radius 3 is 2.43 bits per heavy atom. The summed E-state index contributed by atoms with van der Waals surface area (Å²) in [6, 6.07) is -0.122. The van der Waals surface area contributed by atoms with Gasteiger partial charge in [0.2, 0.25) is 5.91 Å². The molecule has 0 N–H and O–H groups in total. The second-order valence-corrected chi connectivity index (χ2v) is 10.2. The average molecular weight is 342 g/mol. The maximum Gasteiger partial charge on any atom is 0.227 e. The van der Waals surface area contributed by atoms with Crippen molar-refractivity contribution in [3.8, 4) is 0 Å². The lowest BCUT2D eigenvalue weighted by molar-refractivity contribution is -0.135. The Labute approximate surface area is 141 Å². The maximum atomic E-state index is 13.1. The molecule has 0 radical (unpaired) electrons. The zero-order valence-corrected chi connectivity index (χ0v) is 15.9. The molecule has 1 heterocycles. The quantitative estimate of drug-likeness (QED) is 0.698. The lowest BCUT2D eigenvalue weighted by atomic mass is 10.1. The number of nitrogens with zero attached hydrogens (tertiary/aromatic N) is 1. The lowest BCUT2D eigenvalue weighted by Crippen LogP contribution is -2.43. The van der Waals surface area contributed by atoms with Gasteiger partial charge in [-0.3, -0.25) is 4.79 Å². The number of carbonyl (C=O) groups is 1. The van der Waals surface area contributed by atoms with Gasteiger partial charge in [-0.15, -0.1) is 0 Å². The van der Waals surface area contributed by atoms with E-state index < -0.39 is 9.84 Å². The molecule has 0 aromatic rings. The Bertz CT molecular complexity index is 587. The van der Waals surface area contributed by atoms with Crippen molar-refractivity contribution in [2.45, 2.75) is 59.9 Å². The summed E-state index contributed by atoms with van der Waals surface area (Å²) in [7, 11) is -2.97. The second-order valence-electron chi connectivity index (χ2n) is 8.01. The first-order valence-electron chi connectivity index (χ1n) is 8.76. The number of rotatable bonds is 6. The normalized spacial score (nSPS) is 30.7. The molecule has 2 aliphatic rings.